The summed E-state index contributed by atoms with van der Waals surface area (Å²) in [6.07, 6.45) is 3.81. The van der Waals surface area contributed by atoms with E-state index in [-0.39, 0.29) is 11.1 Å². The molecular formula is C21H21N3O5S. The first-order chi connectivity index (χ1) is 14.5. The Bertz CT molecular complexity index is 1010. The summed E-state index contributed by atoms with van der Waals surface area (Å²) in [5, 5.41) is 12.6. The maximum absolute atomic E-state index is 12.6. The number of amides is 1. The molecule has 156 valence electrons. The van der Waals surface area contributed by atoms with Crippen molar-refractivity contribution >= 4 is 29.3 Å². The minimum atomic E-state index is -0.737. The molecule has 1 heterocycles. The van der Waals surface area contributed by atoms with Crippen molar-refractivity contribution in [2.24, 2.45) is 0 Å². The standard InChI is InChI=1S/C21H21N3O5S/c1-27-13-6-7-18(28-2)17(8-13)23-19(25)11-29-21(26)14-9-16(12-4-5-12)24-20(30-3)15(14)10-22/h6-9,12H,4-5,11H2,1-3H3,(H,23,25). The maximum atomic E-state index is 12.6. The molecule has 0 spiro atoms. The van der Waals surface area contributed by atoms with Crippen LogP contribution in [0.5, 0.6) is 11.5 Å². The number of anilines is 1. The number of methoxy groups -OCH3 is 2. The molecule has 0 aliphatic heterocycles. The molecule has 8 nitrogen and oxygen atoms in total. The molecule has 1 aliphatic rings. The number of aromatic nitrogens is 1. The minimum absolute atomic E-state index is 0.130. The third kappa shape index (κ3) is 4.83. The lowest BCUT2D eigenvalue weighted by Crippen LogP contribution is -2.22. The van der Waals surface area contributed by atoms with Gasteiger partial charge in [0.05, 0.1) is 31.0 Å². The highest BCUT2D eigenvalue weighted by molar-refractivity contribution is 7.98. The molecule has 1 N–H and O–H groups in total. The molecule has 1 amide bonds. The van der Waals surface area contributed by atoms with Crippen molar-refractivity contribution in [3.05, 3.63) is 41.1 Å². The molecule has 2 aromatic rings. The summed E-state index contributed by atoms with van der Waals surface area (Å²) in [6, 6.07) is 8.57. The third-order valence-electron chi connectivity index (χ3n) is 4.54. The van der Waals surface area contributed by atoms with Crippen LogP contribution in [0.15, 0.2) is 29.3 Å². The average molecular weight is 427 g/mol. The molecule has 1 saturated carbocycles. The lowest BCUT2D eigenvalue weighted by atomic mass is 10.1. The number of benzene rings is 1. The van der Waals surface area contributed by atoms with Crippen LogP contribution in [0.1, 0.15) is 40.4 Å². The summed E-state index contributed by atoms with van der Waals surface area (Å²) in [5.41, 5.74) is 1.45. The van der Waals surface area contributed by atoms with Crippen molar-refractivity contribution in [1.82, 2.24) is 4.98 Å². The number of ether oxygens (including phenoxy) is 3. The third-order valence-corrected chi connectivity index (χ3v) is 5.22. The Balaban J connectivity index is 1.72. The molecule has 1 aromatic heterocycles. The summed E-state index contributed by atoms with van der Waals surface area (Å²) in [4.78, 5) is 29.4. The van der Waals surface area contributed by atoms with Crippen molar-refractivity contribution in [1.29, 1.82) is 5.26 Å². The van der Waals surface area contributed by atoms with Crippen molar-refractivity contribution in [3.8, 4) is 17.6 Å². The second kappa shape index (κ2) is 9.50. The zero-order chi connectivity index (χ0) is 21.7. The lowest BCUT2D eigenvalue weighted by molar-refractivity contribution is -0.119. The van der Waals surface area contributed by atoms with Crippen LogP contribution in [-0.2, 0) is 9.53 Å². The fraction of sp³-hybridized carbons (Fsp3) is 0.333. The molecule has 0 saturated heterocycles. The summed E-state index contributed by atoms with van der Waals surface area (Å²) in [5.74, 6) is -0.00120. The number of nitrogens with zero attached hydrogens (tertiary/aromatic N) is 2. The molecule has 1 fully saturated rings. The second-order valence-electron chi connectivity index (χ2n) is 6.56. The van der Waals surface area contributed by atoms with Gasteiger partial charge >= 0.3 is 5.97 Å². The Kier molecular flexibility index (Phi) is 6.79. The smallest absolute Gasteiger partial charge is 0.340 e. The van der Waals surface area contributed by atoms with E-state index >= 15 is 0 Å². The van der Waals surface area contributed by atoms with E-state index in [1.54, 1.807) is 30.5 Å². The molecule has 0 unspecified atom stereocenters. The Hall–Kier alpha value is -3.25. The van der Waals surface area contributed by atoms with Gasteiger partial charge in [-0.05, 0) is 37.3 Å². The second-order valence-corrected chi connectivity index (χ2v) is 7.35. The van der Waals surface area contributed by atoms with Crippen molar-refractivity contribution in [2.75, 3.05) is 32.4 Å². The van der Waals surface area contributed by atoms with E-state index in [9.17, 15) is 14.9 Å². The quantitative estimate of drug-likeness (QED) is 0.504. The maximum Gasteiger partial charge on any atom is 0.340 e. The Morgan fingerprint density at radius 2 is 2.03 bits per heavy atom. The number of hydrogen-bond donors (Lipinski definition) is 1. The Morgan fingerprint density at radius 3 is 2.63 bits per heavy atom. The van der Waals surface area contributed by atoms with Gasteiger partial charge in [0.2, 0.25) is 0 Å². The zero-order valence-electron chi connectivity index (χ0n) is 16.9. The fourth-order valence-corrected chi connectivity index (χ4v) is 3.41. The van der Waals surface area contributed by atoms with E-state index < -0.39 is 18.5 Å². The number of carbonyl (C=O) groups excluding carboxylic acids is 2. The van der Waals surface area contributed by atoms with E-state index in [0.717, 1.165) is 18.5 Å². The van der Waals surface area contributed by atoms with Gasteiger partial charge in [0.1, 0.15) is 22.6 Å². The number of hydrogen-bond acceptors (Lipinski definition) is 8. The molecule has 9 heteroatoms. The average Bonchev–Trinajstić information content (AvgIpc) is 3.61. The molecule has 1 aliphatic carbocycles. The van der Waals surface area contributed by atoms with Gasteiger partial charge < -0.3 is 19.5 Å². The highest BCUT2D eigenvalue weighted by atomic mass is 32.2. The zero-order valence-corrected chi connectivity index (χ0v) is 17.7. The van der Waals surface area contributed by atoms with E-state index in [1.807, 2.05) is 6.07 Å². The van der Waals surface area contributed by atoms with Crippen LogP contribution in [-0.4, -0.2) is 43.9 Å². The van der Waals surface area contributed by atoms with Crippen LogP contribution in [0.3, 0.4) is 0 Å². The van der Waals surface area contributed by atoms with Crippen molar-refractivity contribution in [2.45, 2.75) is 23.8 Å². The molecule has 0 bridgehead atoms. The van der Waals surface area contributed by atoms with E-state index in [4.69, 9.17) is 14.2 Å². The number of thioether (sulfide) groups is 1. The first kappa shape index (κ1) is 21.5. The SMILES string of the molecule is COc1ccc(OC)c(NC(=O)COC(=O)c2cc(C3CC3)nc(SC)c2C#N)c1. The van der Waals surface area contributed by atoms with Gasteiger partial charge in [0.15, 0.2) is 6.61 Å². The number of carbonyl (C=O) groups is 2. The molecule has 30 heavy (non-hydrogen) atoms. The first-order valence-electron chi connectivity index (χ1n) is 9.18. The highest BCUT2D eigenvalue weighted by Gasteiger charge is 2.29. The van der Waals surface area contributed by atoms with Crippen LogP contribution >= 0.6 is 11.8 Å². The van der Waals surface area contributed by atoms with Crippen LogP contribution in [0.2, 0.25) is 0 Å². The van der Waals surface area contributed by atoms with E-state index in [1.165, 1.54) is 26.0 Å². The largest absolute Gasteiger partial charge is 0.497 e. The van der Waals surface area contributed by atoms with Gasteiger partial charge in [-0.3, -0.25) is 4.79 Å². The van der Waals surface area contributed by atoms with Crippen LogP contribution < -0.4 is 14.8 Å². The predicted molar refractivity (Wildman–Crippen MR) is 111 cm³/mol. The first-order valence-corrected chi connectivity index (χ1v) is 10.4. The lowest BCUT2D eigenvalue weighted by Gasteiger charge is -2.13. The van der Waals surface area contributed by atoms with Crippen LogP contribution in [0.4, 0.5) is 5.69 Å². The summed E-state index contributed by atoms with van der Waals surface area (Å²) in [6.45, 7) is -0.514. The molecule has 1 aromatic carbocycles. The van der Waals surface area contributed by atoms with Crippen molar-refractivity contribution in [3.63, 3.8) is 0 Å². The summed E-state index contributed by atoms with van der Waals surface area (Å²) >= 11 is 1.30. The number of rotatable bonds is 8. The highest BCUT2D eigenvalue weighted by Crippen LogP contribution is 2.40. The number of esters is 1. The molecular weight excluding hydrogens is 406 g/mol. The molecule has 0 atom stereocenters. The minimum Gasteiger partial charge on any atom is -0.497 e. The topological polar surface area (TPSA) is 111 Å². The van der Waals surface area contributed by atoms with Gasteiger partial charge in [0.25, 0.3) is 5.91 Å². The van der Waals surface area contributed by atoms with Gasteiger partial charge in [-0.15, -0.1) is 11.8 Å². The Labute approximate surface area is 178 Å². The Morgan fingerprint density at radius 1 is 1.27 bits per heavy atom. The van der Waals surface area contributed by atoms with E-state index in [0.29, 0.717) is 28.1 Å². The van der Waals surface area contributed by atoms with Gasteiger partial charge in [-0.1, -0.05) is 0 Å². The molecule has 0 radical (unpaired) electrons. The van der Waals surface area contributed by atoms with Gasteiger partial charge in [0, 0.05) is 17.7 Å². The monoisotopic (exact) mass is 427 g/mol. The molecule has 3 rings (SSSR count). The van der Waals surface area contributed by atoms with Gasteiger partial charge in [-0.2, -0.15) is 5.26 Å². The van der Waals surface area contributed by atoms with Crippen LogP contribution in [0.25, 0.3) is 0 Å². The number of nitriles is 1. The van der Waals surface area contributed by atoms with Gasteiger partial charge in [-0.25, -0.2) is 9.78 Å². The van der Waals surface area contributed by atoms with Crippen LogP contribution in [0, 0.1) is 11.3 Å². The normalized spacial score (nSPS) is 12.6. The fourth-order valence-electron chi connectivity index (χ4n) is 2.85. The summed E-state index contributed by atoms with van der Waals surface area (Å²) < 4.78 is 15.5. The van der Waals surface area contributed by atoms with E-state index in [2.05, 4.69) is 10.3 Å². The number of nitrogens with one attached hydrogen (secondary N) is 1. The van der Waals surface area contributed by atoms with Crippen molar-refractivity contribution < 1.29 is 23.8 Å². The summed E-state index contributed by atoms with van der Waals surface area (Å²) in [7, 11) is 2.99. The predicted octanol–water partition coefficient (Wildman–Crippen LogP) is 3.37. The number of pyridine rings is 1.